The number of carbonyl (C=O) groups is 2. The topological polar surface area (TPSA) is 88.5 Å². The highest BCUT2D eigenvalue weighted by Gasteiger charge is 2.24. The molecule has 0 aliphatic carbocycles. The molecule has 0 saturated heterocycles. The van der Waals surface area contributed by atoms with Crippen LogP contribution in [0, 0.1) is 5.92 Å². The van der Waals surface area contributed by atoms with Crippen LogP contribution in [0.2, 0.25) is 0 Å². The van der Waals surface area contributed by atoms with Gasteiger partial charge >= 0.3 is 5.97 Å². The summed E-state index contributed by atoms with van der Waals surface area (Å²) in [5.41, 5.74) is 0.903. The van der Waals surface area contributed by atoms with E-state index in [0.717, 1.165) is 14.6 Å². The second kappa shape index (κ2) is 8.28. The number of hydrogen-bond acceptors (Lipinski definition) is 6. The lowest BCUT2D eigenvalue weighted by molar-refractivity contribution is -0.146. The van der Waals surface area contributed by atoms with Crippen molar-refractivity contribution in [2.45, 2.75) is 23.6 Å². The van der Waals surface area contributed by atoms with E-state index in [-0.39, 0.29) is 12.0 Å². The van der Waals surface area contributed by atoms with Gasteiger partial charge in [-0.2, -0.15) is 0 Å². The number of nitrogens with one attached hydrogen (secondary N) is 1. The van der Waals surface area contributed by atoms with Crippen LogP contribution in [-0.4, -0.2) is 40.6 Å². The monoisotopic (exact) mass is 354 g/mol. The van der Waals surface area contributed by atoms with Crippen LogP contribution in [0.25, 0.3) is 10.2 Å². The van der Waals surface area contributed by atoms with Gasteiger partial charge in [-0.05, 0) is 26.0 Å². The Morgan fingerprint density at radius 2 is 2.17 bits per heavy atom. The van der Waals surface area contributed by atoms with Crippen molar-refractivity contribution >= 4 is 45.2 Å². The molecule has 0 bridgehead atoms. The molecule has 2 aromatic rings. The van der Waals surface area contributed by atoms with Gasteiger partial charge in [-0.15, -0.1) is 11.3 Å². The van der Waals surface area contributed by atoms with E-state index in [0.29, 0.717) is 6.61 Å². The van der Waals surface area contributed by atoms with Gasteiger partial charge in [0.05, 0.1) is 16.8 Å². The summed E-state index contributed by atoms with van der Waals surface area (Å²) in [5.74, 6) is -2.78. The quantitative estimate of drug-likeness (QED) is 0.430. The molecule has 0 saturated carbocycles. The van der Waals surface area contributed by atoms with E-state index in [4.69, 9.17) is 9.84 Å². The third kappa shape index (κ3) is 4.92. The predicted molar refractivity (Wildman–Crippen MR) is 90.7 cm³/mol. The summed E-state index contributed by atoms with van der Waals surface area (Å²) < 4.78 is 7.25. The van der Waals surface area contributed by atoms with Crippen LogP contribution in [0.4, 0.5) is 0 Å². The van der Waals surface area contributed by atoms with E-state index in [9.17, 15) is 9.59 Å². The molecule has 1 aromatic carbocycles. The van der Waals surface area contributed by atoms with Crippen molar-refractivity contribution in [3.8, 4) is 0 Å². The lowest BCUT2D eigenvalue weighted by atomic mass is 10.2. The molecule has 1 amide bonds. The van der Waals surface area contributed by atoms with Gasteiger partial charge in [0.15, 0.2) is 4.34 Å². The van der Waals surface area contributed by atoms with Gasteiger partial charge in [-0.1, -0.05) is 23.9 Å². The van der Waals surface area contributed by atoms with E-state index in [1.165, 1.54) is 30.0 Å². The number of benzene rings is 1. The molecule has 2 rings (SSSR count). The number of aliphatic carboxylic acids is 1. The summed E-state index contributed by atoms with van der Waals surface area (Å²) in [4.78, 5) is 27.4. The van der Waals surface area contributed by atoms with E-state index in [1.807, 2.05) is 31.2 Å². The first-order chi connectivity index (χ1) is 11.0. The fourth-order valence-electron chi connectivity index (χ4n) is 1.75. The number of carboxylic acid groups (broad SMARTS) is 1. The Labute approximate surface area is 142 Å². The number of rotatable bonds is 8. The highest BCUT2D eigenvalue weighted by Crippen LogP contribution is 2.31. The highest BCUT2D eigenvalue weighted by molar-refractivity contribution is 8.01. The molecule has 0 spiro atoms. The molecule has 0 aliphatic heterocycles. The fourth-order valence-corrected chi connectivity index (χ4v) is 3.99. The summed E-state index contributed by atoms with van der Waals surface area (Å²) in [6, 6.07) is 7.78. The van der Waals surface area contributed by atoms with Crippen molar-refractivity contribution in [2.75, 3.05) is 13.2 Å². The number of amides is 1. The van der Waals surface area contributed by atoms with Crippen LogP contribution in [0.1, 0.15) is 13.8 Å². The minimum absolute atomic E-state index is 0.287. The minimum atomic E-state index is -1.15. The molecule has 0 radical (unpaired) electrons. The Morgan fingerprint density at radius 3 is 2.83 bits per heavy atom. The van der Waals surface area contributed by atoms with Gasteiger partial charge in [0, 0.05) is 6.61 Å². The third-order valence-corrected chi connectivity index (χ3v) is 5.26. The van der Waals surface area contributed by atoms with Crippen molar-refractivity contribution in [1.29, 1.82) is 0 Å². The fraction of sp³-hybridized carbons (Fsp3) is 0.400. The largest absolute Gasteiger partial charge is 0.481 e. The van der Waals surface area contributed by atoms with E-state index in [2.05, 4.69) is 10.3 Å². The predicted octanol–water partition coefficient (Wildman–Crippen LogP) is 2.59. The molecular weight excluding hydrogens is 336 g/mol. The first-order valence-corrected chi connectivity index (χ1v) is 8.84. The molecule has 1 aromatic heterocycles. The molecule has 0 aliphatic rings. The van der Waals surface area contributed by atoms with Crippen molar-refractivity contribution < 1.29 is 19.4 Å². The number of para-hydroxylation sites is 1. The van der Waals surface area contributed by atoms with E-state index >= 15 is 0 Å². The molecule has 6 nitrogen and oxygen atoms in total. The Bertz CT molecular complexity index is 656. The molecule has 2 N–H and O–H groups in total. The van der Waals surface area contributed by atoms with Gasteiger partial charge in [0.25, 0.3) is 0 Å². The third-order valence-electron chi connectivity index (χ3n) is 3.06. The molecule has 2 unspecified atom stereocenters. The SMILES string of the molecule is CCOCC(NC(=O)C(C)C(=O)O)Sc1nc2ccccc2s1. The normalized spacial score (nSPS) is 13.7. The number of carbonyl (C=O) groups excluding carboxylic acids is 1. The van der Waals surface area contributed by atoms with Gasteiger partial charge in [0.1, 0.15) is 11.3 Å². The first kappa shape index (κ1) is 17.7. The molecule has 124 valence electrons. The standard InChI is InChI=1S/C15H18N2O4S2/c1-3-21-8-12(17-13(18)9(2)14(19)20)23-15-16-10-6-4-5-7-11(10)22-15/h4-7,9,12H,3,8H2,1-2H3,(H,17,18)(H,19,20). The molecule has 0 fully saturated rings. The number of fused-ring (bicyclic) bond motifs is 1. The zero-order valence-electron chi connectivity index (χ0n) is 12.8. The molecule has 23 heavy (non-hydrogen) atoms. The highest BCUT2D eigenvalue weighted by atomic mass is 32.2. The number of nitrogens with zero attached hydrogens (tertiary/aromatic N) is 1. The molecule has 1 heterocycles. The van der Waals surface area contributed by atoms with Gasteiger partial charge in [-0.25, -0.2) is 4.98 Å². The summed E-state index contributed by atoms with van der Waals surface area (Å²) >= 11 is 2.90. The van der Waals surface area contributed by atoms with Crippen LogP contribution in [0.3, 0.4) is 0 Å². The Kier molecular flexibility index (Phi) is 6.37. The Hall–Kier alpha value is -1.64. The maximum absolute atomic E-state index is 11.9. The van der Waals surface area contributed by atoms with E-state index in [1.54, 1.807) is 0 Å². The average molecular weight is 354 g/mol. The Balaban J connectivity index is 2.08. The van der Waals surface area contributed by atoms with Gasteiger partial charge in [-0.3, -0.25) is 9.59 Å². The molecule has 2 atom stereocenters. The minimum Gasteiger partial charge on any atom is -0.481 e. The van der Waals surface area contributed by atoms with Crippen LogP contribution >= 0.6 is 23.1 Å². The van der Waals surface area contributed by atoms with Crippen molar-refractivity contribution in [1.82, 2.24) is 10.3 Å². The van der Waals surface area contributed by atoms with E-state index < -0.39 is 17.8 Å². The molecule has 8 heteroatoms. The number of thiazole rings is 1. The zero-order valence-corrected chi connectivity index (χ0v) is 14.4. The van der Waals surface area contributed by atoms with Crippen molar-refractivity contribution in [3.05, 3.63) is 24.3 Å². The molecular formula is C15H18N2O4S2. The number of hydrogen-bond donors (Lipinski definition) is 2. The van der Waals surface area contributed by atoms with Gasteiger partial charge in [0.2, 0.25) is 5.91 Å². The van der Waals surface area contributed by atoms with Crippen LogP contribution < -0.4 is 5.32 Å². The maximum atomic E-state index is 11.9. The smallest absolute Gasteiger partial charge is 0.315 e. The second-order valence-corrected chi connectivity index (χ2v) is 7.26. The van der Waals surface area contributed by atoms with Crippen molar-refractivity contribution in [3.63, 3.8) is 0 Å². The van der Waals surface area contributed by atoms with Crippen LogP contribution in [0.15, 0.2) is 28.6 Å². The van der Waals surface area contributed by atoms with Crippen LogP contribution in [0.5, 0.6) is 0 Å². The summed E-state index contributed by atoms with van der Waals surface area (Å²) in [5, 5.41) is 11.2. The average Bonchev–Trinajstić information content (AvgIpc) is 2.93. The maximum Gasteiger partial charge on any atom is 0.315 e. The number of carboxylic acids is 1. The first-order valence-electron chi connectivity index (χ1n) is 7.14. The summed E-state index contributed by atoms with van der Waals surface area (Å²) in [6.07, 6.45) is 0. The van der Waals surface area contributed by atoms with Crippen molar-refractivity contribution in [2.24, 2.45) is 5.92 Å². The summed E-state index contributed by atoms with van der Waals surface area (Å²) in [6.45, 7) is 4.02. The van der Waals surface area contributed by atoms with Gasteiger partial charge < -0.3 is 15.2 Å². The number of thioether (sulfide) groups is 1. The number of aromatic nitrogens is 1. The Morgan fingerprint density at radius 1 is 1.43 bits per heavy atom. The lowest BCUT2D eigenvalue weighted by Gasteiger charge is -2.18. The number of ether oxygens (including phenoxy) is 1. The summed E-state index contributed by atoms with van der Waals surface area (Å²) in [7, 11) is 0. The van der Waals surface area contributed by atoms with Crippen LogP contribution in [-0.2, 0) is 14.3 Å². The lowest BCUT2D eigenvalue weighted by Crippen LogP contribution is -2.41. The zero-order chi connectivity index (χ0) is 16.8. The second-order valence-electron chi connectivity index (χ2n) is 4.78.